The number of nitrogens with zero attached hydrogens (tertiary/aromatic N) is 1. The number of H-pyrrole nitrogens is 1. The summed E-state index contributed by atoms with van der Waals surface area (Å²) in [7, 11) is 6.07. The number of hydrogen-bond acceptors (Lipinski definition) is 6. The van der Waals surface area contributed by atoms with Gasteiger partial charge in [-0.25, -0.2) is 4.79 Å². The molecule has 3 rings (SSSR count). The highest BCUT2D eigenvalue weighted by Gasteiger charge is 2.21. The Morgan fingerprint density at radius 1 is 1.14 bits per heavy atom. The van der Waals surface area contributed by atoms with Crippen molar-refractivity contribution in [2.24, 2.45) is 0 Å². The Bertz CT molecular complexity index is 1030. The Labute approximate surface area is 162 Å². The van der Waals surface area contributed by atoms with Crippen molar-refractivity contribution in [3.63, 3.8) is 0 Å². The number of furan rings is 1. The van der Waals surface area contributed by atoms with Crippen LogP contribution in [0.2, 0.25) is 0 Å². The van der Waals surface area contributed by atoms with Crippen molar-refractivity contribution in [1.82, 2.24) is 9.88 Å². The molecule has 0 spiro atoms. The molecular formula is C20H22N2O6. The Balaban J connectivity index is 1.85. The first-order valence-corrected chi connectivity index (χ1v) is 8.56. The number of methoxy groups -OCH3 is 3. The lowest BCUT2D eigenvalue weighted by atomic mass is 10.2. The smallest absolute Gasteiger partial charge is 0.341 e. The zero-order valence-corrected chi connectivity index (χ0v) is 16.4. The standard InChI is InChI=1S/C20H22N2O6/c1-11-13(20(24)27-5)8-12(28-11)10-22(2)19(23)16-9-14-15(21-16)6-7-17(25-3)18(14)26-4/h6-9,21H,10H2,1-5H3. The molecule has 0 aliphatic carbocycles. The molecule has 0 atom stereocenters. The summed E-state index contributed by atoms with van der Waals surface area (Å²) in [5.41, 5.74) is 1.51. The molecule has 2 heterocycles. The van der Waals surface area contributed by atoms with Crippen molar-refractivity contribution in [1.29, 1.82) is 0 Å². The van der Waals surface area contributed by atoms with E-state index in [9.17, 15) is 9.59 Å². The van der Waals surface area contributed by atoms with Crippen molar-refractivity contribution < 1.29 is 28.2 Å². The van der Waals surface area contributed by atoms with Crippen molar-refractivity contribution in [3.05, 3.63) is 47.0 Å². The number of esters is 1. The van der Waals surface area contributed by atoms with Crippen LogP contribution in [0.3, 0.4) is 0 Å². The maximum atomic E-state index is 12.8. The molecule has 0 saturated heterocycles. The molecule has 1 aromatic carbocycles. The second-order valence-electron chi connectivity index (χ2n) is 6.28. The normalized spacial score (nSPS) is 10.8. The molecule has 3 aromatic rings. The summed E-state index contributed by atoms with van der Waals surface area (Å²) in [4.78, 5) is 29.1. The molecular weight excluding hydrogens is 364 g/mol. The van der Waals surface area contributed by atoms with Crippen LogP contribution in [-0.2, 0) is 11.3 Å². The van der Waals surface area contributed by atoms with E-state index in [1.54, 1.807) is 46.4 Å². The van der Waals surface area contributed by atoms with Gasteiger partial charge >= 0.3 is 5.97 Å². The summed E-state index contributed by atoms with van der Waals surface area (Å²) in [6.45, 7) is 1.88. The highest BCUT2D eigenvalue weighted by molar-refractivity contribution is 6.00. The molecule has 8 nitrogen and oxygen atoms in total. The highest BCUT2D eigenvalue weighted by Crippen LogP contribution is 2.35. The molecule has 0 fully saturated rings. The number of aryl methyl sites for hydroxylation is 1. The van der Waals surface area contributed by atoms with Crippen LogP contribution in [0.15, 0.2) is 28.7 Å². The third-order valence-electron chi connectivity index (χ3n) is 4.49. The molecule has 0 bridgehead atoms. The molecule has 0 unspecified atom stereocenters. The first-order chi connectivity index (χ1) is 13.4. The molecule has 2 aromatic heterocycles. The number of hydrogen-bond donors (Lipinski definition) is 1. The average Bonchev–Trinajstić information content (AvgIpc) is 3.28. The van der Waals surface area contributed by atoms with E-state index >= 15 is 0 Å². The van der Waals surface area contributed by atoms with Crippen molar-refractivity contribution in [2.45, 2.75) is 13.5 Å². The van der Waals surface area contributed by atoms with E-state index in [1.807, 2.05) is 6.07 Å². The number of rotatable bonds is 6. The first-order valence-electron chi connectivity index (χ1n) is 8.56. The van der Waals surface area contributed by atoms with Gasteiger partial charge in [0.15, 0.2) is 11.5 Å². The summed E-state index contributed by atoms with van der Waals surface area (Å²) in [5.74, 6) is 1.38. The molecule has 0 aliphatic heterocycles. The molecule has 0 aliphatic rings. The monoisotopic (exact) mass is 386 g/mol. The van der Waals surface area contributed by atoms with Crippen LogP contribution in [0.1, 0.15) is 32.4 Å². The van der Waals surface area contributed by atoms with Gasteiger partial charge in [-0.15, -0.1) is 0 Å². The maximum Gasteiger partial charge on any atom is 0.341 e. The second kappa shape index (κ2) is 7.67. The van der Waals surface area contributed by atoms with Gasteiger partial charge in [-0.2, -0.15) is 0 Å². The third-order valence-corrected chi connectivity index (χ3v) is 4.49. The minimum Gasteiger partial charge on any atom is -0.493 e. The van der Waals surface area contributed by atoms with Crippen LogP contribution >= 0.6 is 0 Å². The fraction of sp³-hybridized carbons (Fsp3) is 0.300. The number of aromatic amines is 1. The van der Waals surface area contributed by atoms with Crippen molar-refractivity contribution in [2.75, 3.05) is 28.4 Å². The fourth-order valence-corrected chi connectivity index (χ4v) is 3.09. The largest absolute Gasteiger partial charge is 0.493 e. The third kappa shape index (κ3) is 3.40. The Hall–Kier alpha value is -3.42. The summed E-state index contributed by atoms with van der Waals surface area (Å²) in [6.07, 6.45) is 0. The zero-order valence-electron chi connectivity index (χ0n) is 16.4. The molecule has 8 heteroatoms. The Morgan fingerprint density at radius 3 is 2.54 bits per heavy atom. The summed E-state index contributed by atoms with van der Waals surface area (Å²) in [5, 5.41) is 0.750. The van der Waals surface area contributed by atoms with Gasteiger partial charge in [-0.3, -0.25) is 4.79 Å². The quantitative estimate of drug-likeness (QED) is 0.654. The van der Waals surface area contributed by atoms with Crippen LogP contribution < -0.4 is 9.47 Å². The lowest BCUT2D eigenvalue weighted by Gasteiger charge is -2.14. The molecule has 28 heavy (non-hydrogen) atoms. The van der Waals surface area contributed by atoms with Gasteiger partial charge in [0.05, 0.1) is 33.4 Å². The summed E-state index contributed by atoms with van der Waals surface area (Å²) >= 11 is 0. The van der Waals surface area contributed by atoms with Crippen LogP contribution in [0.4, 0.5) is 0 Å². The van der Waals surface area contributed by atoms with Gasteiger partial charge in [-0.1, -0.05) is 0 Å². The van der Waals surface area contributed by atoms with Gasteiger partial charge in [0.25, 0.3) is 5.91 Å². The zero-order chi connectivity index (χ0) is 20.4. The topological polar surface area (TPSA) is 94.0 Å². The van der Waals surface area contributed by atoms with Crippen molar-refractivity contribution >= 4 is 22.8 Å². The number of aromatic nitrogens is 1. The fourth-order valence-electron chi connectivity index (χ4n) is 3.09. The van der Waals surface area contributed by atoms with Gasteiger partial charge in [-0.05, 0) is 31.2 Å². The number of carbonyl (C=O) groups is 2. The highest BCUT2D eigenvalue weighted by atomic mass is 16.5. The van der Waals surface area contributed by atoms with E-state index in [1.165, 1.54) is 12.0 Å². The van der Waals surface area contributed by atoms with E-state index in [-0.39, 0.29) is 12.5 Å². The minimum atomic E-state index is -0.474. The Kier molecular flexibility index (Phi) is 5.30. The van der Waals surface area contributed by atoms with E-state index in [0.717, 1.165) is 10.9 Å². The van der Waals surface area contributed by atoms with E-state index < -0.39 is 5.97 Å². The Morgan fingerprint density at radius 2 is 1.89 bits per heavy atom. The van der Waals surface area contributed by atoms with E-state index in [2.05, 4.69) is 4.98 Å². The lowest BCUT2D eigenvalue weighted by Crippen LogP contribution is -2.26. The van der Waals surface area contributed by atoms with Gasteiger partial charge in [0.1, 0.15) is 22.8 Å². The number of carbonyl (C=O) groups excluding carboxylic acids is 2. The molecule has 0 saturated carbocycles. The van der Waals surface area contributed by atoms with Crippen LogP contribution in [0.5, 0.6) is 11.5 Å². The predicted molar refractivity (Wildman–Crippen MR) is 102 cm³/mol. The predicted octanol–water partition coefficient (Wildman–Crippen LogP) is 3.15. The van der Waals surface area contributed by atoms with Gasteiger partial charge in [0, 0.05) is 12.4 Å². The number of nitrogens with one attached hydrogen (secondary N) is 1. The van der Waals surface area contributed by atoms with Crippen LogP contribution in [0.25, 0.3) is 10.9 Å². The molecule has 148 valence electrons. The van der Waals surface area contributed by atoms with E-state index in [4.69, 9.17) is 18.6 Å². The average molecular weight is 386 g/mol. The number of benzene rings is 1. The molecule has 1 amide bonds. The van der Waals surface area contributed by atoms with Crippen LogP contribution in [0, 0.1) is 6.92 Å². The van der Waals surface area contributed by atoms with Gasteiger partial charge < -0.3 is 28.5 Å². The second-order valence-corrected chi connectivity index (χ2v) is 6.28. The van der Waals surface area contributed by atoms with Gasteiger partial charge in [0.2, 0.25) is 0 Å². The lowest BCUT2D eigenvalue weighted by molar-refractivity contribution is 0.0598. The summed E-state index contributed by atoms with van der Waals surface area (Å²) < 4.78 is 21.0. The SMILES string of the molecule is COC(=O)c1cc(CN(C)C(=O)c2cc3c(OC)c(OC)ccc3[nH]2)oc1C. The molecule has 0 radical (unpaired) electrons. The minimum absolute atomic E-state index is 0.201. The first kappa shape index (κ1) is 19.3. The van der Waals surface area contributed by atoms with Crippen LogP contribution in [-0.4, -0.2) is 50.1 Å². The van der Waals surface area contributed by atoms with E-state index in [0.29, 0.717) is 34.3 Å². The van der Waals surface area contributed by atoms with Crippen molar-refractivity contribution in [3.8, 4) is 11.5 Å². The number of fused-ring (bicyclic) bond motifs is 1. The number of amides is 1. The maximum absolute atomic E-state index is 12.8. The molecule has 1 N–H and O–H groups in total. The number of ether oxygens (including phenoxy) is 3. The summed E-state index contributed by atoms with van der Waals surface area (Å²) in [6, 6.07) is 6.91.